The van der Waals surface area contributed by atoms with E-state index in [9.17, 15) is 14.9 Å². The SMILES string of the molecule is CCS[C@H]1CCC[C@@H]1NC(=O)c1ccc(N)c([N+](=O)[O-])c1. The van der Waals surface area contributed by atoms with Crippen LogP contribution in [0.3, 0.4) is 0 Å². The number of nitrogens with two attached hydrogens (primary N) is 1. The lowest BCUT2D eigenvalue weighted by atomic mass is 10.1. The molecule has 0 heterocycles. The summed E-state index contributed by atoms with van der Waals surface area (Å²) in [5.74, 6) is 0.747. The predicted octanol–water partition coefficient (Wildman–Crippen LogP) is 2.58. The third-order valence-electron chi connectivity index (χ3n) is 3.64. The van der Waals surface area contributed by atoms with E-state index in [1.54, 1.807) is 0 Å². The van der Waals surface area contributed by atoms with E-state index >= 15 is 0 Å². The largest absolute Gasteiger partial charge is 0.393 e. The summed E-state index contributed by atoms with van der Waals surface area (Å²) in [4.78, 5) is 22.5. The molecule has 0 aromatic heterocycles. The molecule has 2 atom stereocenters. The molecular formula is C14H19N3O3S. The van der Waals surface area contributed by atoms with Crippen molar-refractivity contribution in [3.05, 3.63) is 33.9 Å². The van der Waals surface area contributed by atoms with Gasteiger partial charge in [-0.15, -0.1) is 0 Å². The van der Waals surface area contributed by atoms with Crippen molar-refractivity contribution in [3.63, 3.8) is 0 Å². The summed E-state index contributed by atoms with van der Waals surface area (Å²) < 4.78 is 0. The Kier molecular flexibility index (Phi) is 5.06. The van der Waals surface area contributed by atoms with E-state index in [0.717, 1.165) is 25.0 Å². The van der Waals surface area contributed by atoms with Crippen LogP contribution in [0.25, 0.3) is 0 Å². The summed E-state index contributed by atoms with van der Waals surface area (Å²) in [6, 6.07) is 4.30. The number of nitrogens with zero attached hydrogens (tertiary/aromatic N) is 1. The minimum atomic E-state index is -0.572. The van der Waals surface area contributed by atoms with Crippen molar-refractivity contribution in [2.24, 2.45) is 0 Å². The summed E-state index contributed by atoms with van der Waals surface area (Å²) in [7, 11) is 0. The molecular weight excluding hydrogens is 290 g/mol. The number of nitro benzene ring substituents is 1. The summed E-state index contributed by atoms with van der Waals surface area (Å²) in [5.41, 5.74) is 5.66. The van der Waals surface area contributed by atoms with Gasteiger partial charge >= 0.3 is 0 Å². The van der Waals surface area contributed by atoms with Crippen molar-refractivity contribution in [1.82, 2.24) is 5.32 Å². The molecule has 1 aromatic rings. The number of anilines is 1. The van der Waals surface area contributed by atoms with Crippen LogP contribution in [-0.2, 0) is 0 Å². The number of nitro groups is 1. The molecule has 0 spiro atoms. The summed E-state index contributed by atoms with van der Waals surface area (Å²) in [6.07, 6.45) is 3.16. The molecule has 21 heavy (non-hydrogen) atoms. The first-order chi connectivity index (χ1) is 10.0. The fourth-order valence-corrected chi connectivity index (χ4v) is 3.80. The molecule has 0 bridgehead atoms. The minimum Gasteiger partial charge on any atom is -0.393 e. The zero-order valence-electron chi connectivity index (χ0n) is 11.9. The Morgan fingerprint density at radius 3 is 2.95 bits per heavy atom. The fraction of sp³-hybridized carbons (Fsp3) is 0.500. The normalized spacial score (nSPS) is 21.2. The Hall–Kier alpha value is -1.76. The van der Waals surface area contributed by atoms with Crippen molar-refractivity contribution in [1.29, 1.82) is 0 Å². The molecule has 1 fully saturated rings. The maximum absolute atomic E-state index is 12.3. The molecule has 1 aliphatic carbocycles. The first-order valence-corrected chi connectivity index (χ1v) is 8.04. The number of nitrogens with one attached hydrogen (secondary N) is 1. The quantitative estimate of drug-likeness (QED) is 0.495. The van der Waals surface area contributed by atoms with Crippen molar-refractivity contribution in [2.75, 3.05) is 11.5 Å². The Morgan fingerprint density at radius 1 is 1.52 bits per heavy atom. The van der Waals surface area contributed by atoms with Gasteiger partial charge in [0.25, 0.3) is 11.6 Å². The molecule has 1 amide bonds. The van der Waals surface area contributed by atoms with Crippen LogP contribution in [0.2, 0.25) is 0 Å². The van der Waals surface area contributed by atoms with Gasteiger partial charge in [0, 0.05) is 22.9 Å². The van der Waals surface area contributed by atoms with Gasteiger partial charge in [0.05, 0.1) is 4.92 Å². The Morgan fingerprint density at radius 2 is 2.29 bits per heavy atom. The smallest absolute Gasteiger partial charge is 0.292 e. The second kappa shape index (κ2) is 6.80. The first-order valence-electron chi connectivity index (χ1n) is 6.99. The summed E-state index contributed by atoms with van der Waals surface area (Å²) >= 11 is 1.85. The highest BCUT2D eigenvalue weighted by Gasteiger charge is 2.29. The first kappa shape index (κ1) is 15.6. The zero-order valence-corrected chi connectivity index (χ0v) is 12.7. The van der Waals surface area contributed by atoms with Crippen LogP contribution in [0.4, 0.5) is 11.4 Å². The van der Waals surface area contributed by atoms with E-state index in [-0.39, 0.29) is 28.9 Å². The van der Waals surface area contributed by atoms with Crippen LogP contribution in [0.15, 0.2) is 18.2 Å². The highest BCUT2D eigenvalue weighted by Crippen LogP contribution is 2.30. The molecule has 0 unspecified atom stereocenters. The Bertz CT molecular complexity index is 550. The number of carbonyl (C=O) groups excluding carboxylic acids is 1. The van der Waals surface area contributed by atoms with Gasteiger partial charge in [-0.2, -0.15) is 11.8 Å². The average Bonchev–Trinajstić information content (AvgIpc) is 2.86. The van der Waals surface area contributed by atoms with Gasteiger partial charge in [-0.05, 0) is 30.7 Å². The maximum atomic E-state index is 12.3. The van der Waals surface area contributed by atoms with Gasteiger partial charge in [0.1, 0.15) is 5.69 Å². The topological polar surface area (TPSA) is 98.3 Å². The highest BCUT2D eigenvalue weighted by molar-refractivity contribution is 7.99. The van der Waals surface area contributed by atoms with Gasteiger partial charge in [-0.3, -0.25) is 14.9 Å². The molecule has 0 aliphatic heterocycles. The number of hydrogen-bond donors (Lipinski definition) is 2. The van der Waals surface area contributed by atoms with Gasteiger partial charge in [0.2, 0.25) is 0 Å². The van der Waals surface area contributed by atoms with Crippen LogP contribution in [0.1, 0.15) is 36.5 Å². The lowest BCUT2D eigenvalue weighted by Crippen LogP contribution is -2.38. The molecule has 114 valence electrons. The summed E-state index contributed by atoms with van der Waals surface area (Å²) in [5, 5.41) is 14.3. The van der Waals surface area contributed by atoms with Crippen LogP contribution >= 0.6 is 11.8 Å². The Labute approximate surface area is 127 Å². The van der Waals surface area contributed by atoms with Crippen LogP contribution in [-0.4, -0.2) is 27.9 Å². The van der Waals surface area contributed by atoms with E-state index in [2.05, 4.69) is 12.2 Å². The van der Waals surface area contributed by atoms with Crippen molar-refractivity contribution < 1.29 is 9.72 Å². The molecule has 2 rings (SSSR count). The van der Waals surface area contributed by atoms with Crippen LogP contribution in [0.5, 0.6) is 0 Å². The van der Waals surface area contributed by atoms with Crippen LogP contribution < -0.4 is 11.1 Å². The molecule has 7 heteroatoms. The van der Waals surface area contributed by atoms with E-state index in [4.69, 9.17) is 5.73 Å². The monoisotopic (exact) mass is 309 g/mol. The average molecular weight is 309 g/mol. The second-order valence-electron chi connectivity index (χ2n) is 5.04. The van der Waals surface area contributed by atoms with E-state index < -0.39 is 4.92 Å². The lowest BCUT2D eigenvalue weighted by molar-refractivity contribution is -0.383. The van der Waals surface area contributed by atoms with Crippen LogP contribution in [0, 0.1) is 10.1 Å². The van der Waals surface area contributed by atoms with E-state index in [1.165, 1.54) is 18.2 Å². The lowest BCUT2D eigenvalue weighted by Gasteiger charge is -2.20. The third kappa shape index (κ3) is 3.66. The van der Waals surface area contributed by atoms with E-state index in [1.807, 2.05) is 11.8 Å². The number of hydrogen-bond acceptors (Lipinski definition) is 5. The summed E-state index contributed by atoms with van der Waals surface area (Å²) in [6.45, 7) is 2.10. The number of nitrogen functional groups attached to an aromatic ring is 1. The molecule has 1 aromatic carbocycles. The predicted molar refractivity (Wildman–Crippen MR) is 84.5 cm³/mol. The molecule has 0 radical (unpaired) electrons. The second-order valence-corrected chi connectivity index (χ2v) is 6.55. The fourth-order valence-electron chi connectivity index (χ4n) is 2.60. The van der Waals surface area contributed by atoms with Gasteiger partial charge in [0.15, 0.2) is 0 Å². The number of carbonyl (C=O) groups is 1. The molecule has 1 aliphatic rings. The van der Waals surface area contributed by atoms with Crippen molar-refractivity contribution in [3.8, 4) is 0 Å². The number of thioether (sulfide) groups is 1. The molecule has 0 saturated heterocycles. The molecule has 1 saturated carbocycles. The minimum absolute atomic E-state index is 0.0665. The highest BCUT2D eigenvalue weighted by atomic mass is 32.2. The van der Waals surface area contributed by atoms with Gasteiger partial charge in [-0.1, -0.05) is 13.3 Å². The van der Waals surface area contributed by atoms with Crippen molar-refractivity contribution >= 4 is 29.0 Å². The van der Waals surface area contributed by atoms with Crippen molar-refractivity contribution in [2.45, 2.75) is 37.5 Å². The maximum Gasteiger partial charge on any atom is 0.292 e. The standard InChI is InChI=1S/C14H19N3O3S/c1-2-21-13-5-3-4-11(13)16-14(18)9-6-7-10(15)12(8-9)17(19)20/h6-8,11,13H,2-5,15H2,1H3,(H,16,18)/t11-,13-/m0/s1. The zero-order chi connectivity index (χ0) is 15.4. The number of benzene rings is 1. The molecule has 3 N–H and O–H groups in total. The number of amides is 1. The van der Waals surface area contributed by atoms with Gasteiger partial charge < -0.3 is 11.1 Å². The van der Waals surface area contributed by atoms with E-state index in [0.29, 0.717) is 5.25 Å². The molecule has 6 nitrogen and oxygen atoms in total. The van der Waals surface area contributed by atoms with Gasteiger partial charge in [-0.25, -0.2) is 0 Å². The third-order valence-corrected chi connectivity index (χ3v) is 4.96. The number of rotatable bonds is 5. The Balaban J connectivity index is 2.10.